The highest BCUT2D eigenvalue weighted by atomic mass is 16.5. The second kappa shape index (κ2) is 16.7. The van der Waals surface area contributed by atoms with Crippen LogP contribution in [0, 0.1) is 0 Å². The van der Waals surface area contributed by atoms with Crippen LogP contribution in [-0.4, -0.2) is 50.6 Å². The second-order valence-electron chi connectivity index (χ2n) is 12.6. The van der Waals surface area contributed by atoms with E-state index in [1.54, 1.807) is 87.0 Å². The molecule has 6 heteroatoms. The molecule has 0 N–H and O–H groups in total. The van der Waals surface area contributed by atoms with Gasteiger partial charge in [0.1, 0.15) is 0 Å². The summed E-state index contributed by atoms with van der Waals surface area (Å²) >= 11 is 0. The first-order valence-electron chi connectivity index (χ1n) is 15.3. The van der Waals surface area contributed by atoms with Crippen LogP contribution in [0.25, 0.3) is 0 Å². The number of hydrogen-bond acceptors (Lipinski definition) is 6. The van der Waals surface area contributed by atoms with E-state index in [0.717, 1.165) is 11.1 Å². The summed E-state index contributed by atoms with van der Waals surface area (Å²) in [7, 11) is 3.35. The molecule has 0 aliphatic carbocycles. The zero-order valence-electron chi connectivity index (χ0n) is 27.7. The molecule has 0 aliphatic rings. The van der Waals surface area contributed by atoms with Crippen LogP contribution >= 0.6 is 0 Å². The number of hydrogen-bond donors (Lipinski definition) is 0. The highest BCUT2D eigenvalue weighted by molar-refractivity contribution is 6.14. The van der Waals surface area contributed by atoms with E-state index in [4.69, 9.17) is 9.47 Å². The number of Topliss-reactive ketones (excluding diaryl/α,β-unsaturated/α-hetero) is 4. The molecular weight excluding hydrogens is 576 g/mol. The van der Waals surface area contributed by atoms with Crippen LogP contribution in [0.5, 0.6) is 0 Å². The minimum absolute atomic E-state index is 0.106. The van der Waals surface area contributed by atoms with Gasteiger partial charge in [0.25, 0.3) is 0 Å². The fourth-order valence-corrected chi connectivity index (χ4v) is 5.05. The van der Waals surface area contributed by atoms with Crippen molar-refractivity contribution in [2.75, 3.05) is 27.4 Å². The molecule has 0 heterocycles. The van der Waals surface area contributed by atoms with E-state index in [9.17, 15) is 19.2 Å². The largest absolute Gasteiger partial charge is 0.384 e. The Kier molecular flexibility index (Phi) is 13.0. The van der Waals surface area contributed by atoms with Crippen LogP contribution in [0.15, 0.2) is 109 Å². The predicted octanol–water partition coefficient (Wildman–Crippen LogP) is 8.13. The van der Waals surface area contributed by atoms with Crippen LogP contribution in [0.4, 0.5) is 0 Å². The molecule has 0 atom stereocenters. The third kappa shape index (κ3) is 10.3. The molecule has 46 heavy (non-hydrogen) atoms. The lowest BCUT2D eigenvalue weighted by Gasteiger charge is -2.24. The maximum absolute atomic E-state index is 12.3. The first kappa shape index (κ1) is 36.0. The number of ether oxygens (including phenoxy) is 2. The lowest BCUT2D eigenvalue weighted by Crippen LogP contribution is -2.23. The van der Waals surface area contributed by atoms with Crippen LogP contribution in [0.1, 0.15) is 93.1 Å². The Bertz CT molecular complexity index is 1460. The van der Waals surface area contributed by atoms with Crippen molar-refractivity contribution in [3.8, 4) is 0 Å². The summed E-state index contributed by atoms with van der Waals surface area (Å²) in [5.41, 5.74) is 4.23. The molecule has 0 amide bonds. The summed E-state index contributed by atoms with van der Waals surface area (Å²) in [5, 5.41) is 0. The molecular formula is C40H44O6. The number of ketones is 4. The molecule has 0 aliphatic heterocycles. The summed E-state index contributed by atoms with van der Waals surface area (Å²) in [5.74, 6) is -0.622. The Balaban J connectivity index is 0.000000250. The Morgan fingerprint density at radius 1 is 0.435 bits per heavy atom. The molecule has 0 aromatic heterocycles. The van der Waals surface area contributed by atoms with Gasteiger partial charge < -0.3 is 9.47 Å². The van der Waals surface area contributed by atoms with E-state index in [0.29, 0.717) is 35.5 Å². The first-order chi connectivity index (χ1) is 21.9. The Morgan fingerprint density at radius 3 is 0.957 bits per heavy atom. The van der Waals surface area contributed by atoms with Crippen LogP contribution in [0.3, 0.4) is 0 Å². The van der Waals surface area contributed by atoms with Crippen LogP contribution < -0.4 is 0 Å². The molecule has 4 rings (SSSR count). The summed E-state index contributed by atoms with van der Waals surface area (Å²) < 4.78 is 10.5. The van der Waals surface area contributed by atoms with Gasteiger partial charge in [0, 0.05) is 47.3 Å². The van der Waals surface area contributed by atoms with Gasteiger partial charge in [-0.1, -0.05) is 137 Å². The van der Waals surface area contributed by atoms with Crippen molar-refractivity contribution in [1.29, 1.82) is 0 Å². The van der Waals surface area contributed by atoms with Crippen molar-refractivity contribution in [1.82, 2.24) is 0 Å². The van der Waals surface area contributed by atoms with E-state index >= 15 is 0 Å². The highest BCUT2D eigenvalue weighted by Gasteiger charge is 2.22. The average molecular weight is 621 g/mol. The standard InChI is InChI=1S/2C20H22O3/c2*1-20(2,14-23-3)17-11-9-16(10-12-17)19(22)13-18(21)15-7-5-4-6-8-15/h2*4-12H,13-14H2,1-3H3. The van der Waals surface area contributed by atoms with Crippen LogP contribution in [0.2, 0.25) is 0 Å². The zero-order valence-corrected chi connectivity index (χ0v) is 27.7. The molecule has 4 aromatic carbocycles. The number of benzene rings is 4. The average Bonchev–Trinajstić information content (AvgIpc) is 3.06. The molecule has 6 nitrogen and oxygen atoms in total. The second-order valence-corrected chi connectivity index (χ2v) is 12.6. The lowest BCUT2D eigenvalue weighted by atomic mass is 9.85. The monoisotopic (exact) mass is 620 g/mol. The maximum atomic E-state index is 12.3. The van der Waals surface area contributed by atoms with E-state index in [-0.39, 0.29) is 46.8 Å². The quantitative estimate of drug-likeness (QED) is 0.105. The molecule has 240 valence electrons. The van der Waals surface area contributed by atoms with Crippen molar-refractivity contribution >= 4 is 23.1 Å². The van der Waals surface area contributed by atoms with Gasteiger partial charge in [0.15, 0.2) is 23.1 Å². The third-order valence-electron chi connectivity index (χ3n) is 7.82. The highest BCUT2D eigenvalue weighted by Crippen LogP contribution is 2.25. The van der Waals surface area contributed by atoms with E-state index in [1.165, 1.54) is 0 Å². The third-order valence-corrected chi connectivity index (χ3v) is 7.82. The van der Waals surface area contributed by atoms with E-state index in [2.05, 4.69) is 27.7 Å². The van der Waals surface area contributed by atoms with Crippen molar-refractivity contribution in [2.24, 2.45) is 0 Å². The van der Waals surface area contributed by atoms with E-state index < -0.39 is 0 Å². The minimum Gasteiger partial charge on any atom is -0.384 e. The molecule has 0 fully saturated rings. The smallest absolute Gasteiger partial charge is 0.170 e. The minimum atomic E-state index is -0.157. The molecule has 0 radical (unpaired) electrons. The number of carbonyl (C=O) groups is 4. The lowest BCUT2D eigenvalue weighted by molar-refractivity contribution is 0.0878. The number of carbonyl (C=O) groups excluding carboxylic acids is 4. The van der Waals surface area contributed by atoms with Gasteiger partial charge in [-0.15, -0.1) is 0 Å². The molecule has 0 spiro atoms. The predicted molar refractivity (Wildman–Crippen MR) is 182 cm³/mol. The fourth-order valence-electron chi connectivity index (χ4n) is 5.05. The van der Waals surface area contributed by atoms with Gasteiger partial charge in [-0.25, -0.2) is 0 Å². The fraction of sp³-hybridized carbons (Fsp3) is 0.300. The molecule has 4 aromatic rings. The Labute approximate surface area is 272 Å². The maximum Gasteiger partial charge on any atom is 0.170 e. The normalized spacial score (nSPS) is 11.3. The molecule has 0 saturated heterocycles. The van der Waals surface area contributed by atoms with Crippen LogP contribution in [-0.2, 0) is 20.3 Å². The summed E-state index contributed by atoms with van der Waals surface area (Å²) in [6.45, 7) is 9.57. The van der Waals surface area contributed by atoms with E-state index in [1.807, 2.05) is 36.4 Å². The number of rotatable bonds is 14. The van der Waals surface area contributed by atoms with Gasteiger partial charge >= 0.3 is 0 Å². The van der Waals surface area contributed by atoms with Gasteiger partial charge in [0.05, 0.1) is 26.1 Å². The summed E-state index contributed by atoms with van der Waals surface area (Å²) in [6.07, 6.45) is -0.213. The Hall–Kier alpha value is -4.52. The molecule has 0 bridgehead atoms. The van der Waals surface area contributed by atoms with Crippen molar-refractivity contribution in [3.63, 3.8) is 0 Å². The van der Waals surface area contributed by atoms with Crippen molar-refractivity contribution in [2.45, 2.75) is 51.4 Å². The molecule has 0 unspecified atom stereocenters. The summed E-state index contributed by atoms with van der Waals surface area (Å²) in [6, 6.07) is 32.6. The molecule has 0 saturated carbocycles. The van der Waals surface area contributed by atoms with Gasteiger partial charge in [-0.2, -0.15) is 0 Å². The zero-order chi connectivity index (χ0) is 33.7. The van der Waals surface area contributed by atoms with Gasteiger partial charge in [0.2, 0.25) is 0 Å². The van der Waals surface area contributed by atoms with Crippen molar-refractivity contribution < 1.29 is 28.7 Å². The Morgan fingerprint density at radius 2 is 0.696 bits per heavy atom. The number of methoxy groups -OCH3 is 2. The topological polar surface area (TPSA) is 86.7 Å². The van der Waals surface area contributed by atoms with Gasteiger partial charge in [-0.05, 0) is 11.1 Å². The van der Waals surface area contributed by atoms with Crippen molar-refractivity contribution in [3.05, 3.63) is 143 Å². The summed E-state index contributed by atoms with van der Waals surface area (Å²) in [4.78, 5) is 48.7. The SMILES string of the molecule is COCC(C)(C)c1ccc(C(=O)CC(=O)c2ccccc2)cc1.COCC(C)(C)c1ccc(C(=O)CC(=O)c2ccccc2)cc1. The van der Waals surface area contributed by atoms with Gasteiger partial charge in [-0.3, -0.25) is 19.2 Å². The first-order valence-corrected chi connectivity index (χ1v) is 15.3.